The Morgan fingerprint density at radius 3 is 2.24 bits per heavy atom. The van der Waals surface area contributed by atoms with Crippen LogP contribution in [-0.4, -0.2) is 29.1 Å². The summed E-state index contributed by atoms with van der Waals surface area (Å²) in [6.07, 6.45) is 1.69. The molecule has 0 radical (unpaired) electrons. The van der Waals surface area contributed by atoms with Crippen LogP contribution in [0.1, 0.15) is 45.7 Å². The Morgan fingerprint density at radius 2 is 1.72 bits per heavy atom. The fourth-order valence-corrected chi connectivity index (χ4v) is 2.63. The van der Waals surface area contributed by atoms with Crippen LogP contribution in [0.25, 0.3) is 11.1 Å². The highest BCUT2D eigenvalue weighted by molar-refractivity contribution is 5.89. The average molecular weight is 339 g/mol. The molecule has 0 heterocycles. The number of aliphatic imine (C=N–C) groups is 1. The normalized spacial score (nSPS) is 13.6. The van der Waals surface area contributed by atoms with Gasteiger partial charge in [0.15, 0.2) is 0 Å². The molecule has 0 aliphatic carbocycles. The van der Waals surface area contributed by atoms with Gasteiger partial charge < -0.3 is 10.2 Å². The van der Waals surface area contributed by atoms with Gasteiger partial charge in [0, 0.05) is 17.3 Å². The van der Waals surface area contributed by atoms with E-state index in [1.807, 2.05) is 56.3 Å². The highest BCUT2D eigenvalue weighted by Crippen LogP contribution is 2.36. The number of hydrogen-bond donors (Lipinski definition) is 2. The zero-order chi connectivity index (χ0) is 18.6. The topological polar surface area (TPSA) is 52.8 Å². The maximum Gasteiger partial charge on any atom is 0.132 e. The molecule has 0 amide bonds. The van der Waals surface area contributed by atoms with Crippen molar-refractivity contribution in [1.29, 1.82) is 0 Å². The molecule has 0 aliphatic heterocycles. The van der Waals surface area contributed by atoms with Crippen molar-refractivity contribution < 1.29 is 10.2 Å². The quantitative estimate of drug-likeness (QED) is 0.769. The van der Waals surface area contributed by atoms with Crippen LogP contribution < -0.4 is 0 Å². The van der Waals surface area contributed by atoms with Crippen molar-refractivity contribution in [3.63, 3.8) is 0 Å². The van der Waals surface area contributed by atoms with Crippen LogP contribution >= 0.6 is 0 Å². The molecule has 0 spiro atoms. The summed E-state index contributed by atoms with van der Waals surface area (Å²) in [4.78, 5) is 4.50. The van der Waals surface area contributed by atoms with Gasteiger partial charge in [0.1, 0.15) is 5.75 Å². The molecule has 3 nitrogen and oxygen atoms in total. The third kappa shape index (κ3) is 4.70. The van der Waals surface area contributed by atoms with Gasteiger partial charge >= 0.3 is 0 Å². The van der Waals surface area contributed by atoms with Gasteiger partial charge in [0.05, 0.1) is 12.6 Å². The lowest BCUT2D eigenvalue weighted by atomic mass is 9.84. The van der Waals surface area contributed by atoms with E-state index in [9.17, 15) is 10.2 Å². The maximum atomic E-state index is 10.8. The largest absolute Gasteiger partial charge is 0.507 e. The summed E-state index contributed by atoms with van der Waals surface area (Å²) >= 11 is 0. The standard InChI is InChI=1S/C22H29NO2/c1-15(2)20(14-24)23-13-17-11-18(22(3,4)5)12-19(21(17)25)16-9-7-6-8-10-16/h6-13,15,20,24-25H,14H2,1-5H3/t20-/m1/s1. The lowest BCUT2D eigenvalue weighted by Crippen LogP contribution is -2.18. The van der Waals surface area contributed by atoms with Crippen LogP contribution in [0.5, 0.6) is 5.75 Å². The minimum atomic E-state index is -0.169. The van der Waals surface area contributed by atoms with Gasteiger partial charge in [-0.1, -0.05) is 65.0 Å². The monoisotopic (exact) mass is 339 g/mol. The van der Waals surface area contributed by atoms with E-state index in [4.69, 9.17) is 0 Å². The van der Waals surface area contributed by atoms with Crippen molar-refractivity contribution in [1.82, 2.24) is 0 Å². The Hall–Kier alpha value is -2.13. The zero-order valence-electron chi connectivity index (χ0n) is 15.8. The number of hydrogen-bond acceptors (Lipinski definition) is 3. The number of aliphatic hydroxyl groups excluding tert-OH is 1. The number of rotatable bonds is 5. The lowest BCUT2D eigenvalue weighted by molar-refractivity contribution is 0.240. The fourth-order valence-electron chi connectivity index (χ4n) is 2.63. The predicted octanol–water partition coefficient (Wildman–Crippen LogP) is 4.79. The Morgan fingerprint density at radius 1 is 1.08 bits per heavy atom. The molecule has 0 aliphatic rings. The van der Waals surface area contributed by atoms with E-state index in [-0.39, 0.29) is 29.7 Å². The number of phenolic OH excluding ortho intramolecular Hbond substituents is 1. The van der Waals surface area contributed by atoms with E-state index >= 15 is 0 Å². The third-order valence-corrected chi connectivity index (χ3v) is 4.45. The van der Waals surface area contributed by atoms with E-state index in [0.29, 0.717) is 5.56 Å². The van der Waals surface area contributed by atoms with E-state index in [0.717, 1.165) is 16.7 Å². The molecule has 2 aromatic rings. The Labute approximate surface area is 151 Å². The molecule has 0 saturated heterocycles. The first-order chi connectivity index (χ1) is 11.7. The summed E-state index contributed by atoms with van der Waals surface area (Å²) in [5.41, 5.74) is 3.55. The summed E-state index contributed by atoms with van der Waals surface area (Å²) in [6, 6.07) is 13.7. The molecule has 2 aromatic carbocycles. The minimum absolute atomic E-state index is 0.000563. The van der Waals surface area contributed by atoms with Gasteiger partial charge in [-0.3, -0.25) is 4.99 Å². The van der Waals surface area contributed by atoms with Crippen molar-refractivity contribution in [2.75, 3.05) is 6.61 Å². The second-order valence-electron chi connectivity index (χ2n) is 7.85. The summed E-state index contributed by atoms with van der Waals surface area (Å²) < 4.78 is 0. The van der Waals surface area contributed by atoms with Gasteiger partial charge in [0.2, 0.25) is 0 Å². The van der Waals surface area contributed by atoms with Crippen molar-refractivity contribution in [3.05, 3.63) is 53.6 Å². The van der Waals surface area contributed by atoms with Crippen LogP contribution in [-0.2, 0) is 5.41 Å². The summed E-state index contributed by atoms with van der Waals surface area (Å²) in [7, 11) is 0. The molecule has 2 rings (SSSR count). The van der Waals surface area contributed by atoms with Crippen LogP contribution in [0.4, 0.5) is 0 Å². The Balaban J connectivity index is 2.57. The van der Waals surface area contributed by atoms with Crippen LogP contribution in [0.15, 0.2) is 47.5 Å². The molecule has 0 saturated carbocycles. The number of benzene rings is 2. The Bertz CT molecular complexity index is 728. The van der Waals surface area contributed by atoms with Crippen molar-refractivity contribution in [2.45, 2.75) is 46.1 Å². The van der Waals surface area contributed by atoms with Crippen molar-refractivity contribution >= 4 is 6.21 Å². The number of nitrogens with zero attached hydrogens (tertiary/aromatic N) is 1. The van der Waals surface area contributed by atoms with E-state index < -0.39 is 0 Å². The molecule has 1 atom stereocenters. The minimum Gasteiger partial charge on any atom is -0.507 e. The highest BCUT2D eigenvalue weighted by atomic mass is 16.3. The second kappa shape index (κ2) is 7.83. The highest BCUT2D eigenvalue weighted by Gasteiger charge is 2.19. The summed E-state index contributed by atoms with van der Waals surface area (Å²) in [6.45, 7) is 10.5. The van der Waals surface area contributed by atoms with E-state index in [2.05, 4.69) is 25.8 Å². The first kappa shape index (κ1) is 19.2. The first-order valence-corrected chi connectivity index (χ1v) is 8.81. The van der Waals surface area contributed by atoms with Gasteiger partial charge in [-0.2, -0.15) is 0 Å². The Kier molecular flexibility index (Phi) is 6.02. The molecule has 2 N–H and O–H groups in total. The number of aromatic hydroxyl groups is 1. The molecule has 25 heavy (non-hydrogen) atoms. The van der Waals surface area contributed by atoms with E-state index in [1.165, 1.54) is 0 Å². The zero-order valence-corrected chi connectivity index (χ0v) is 15.8. The van der Waals surface area contributed by atoms with Gasteiger partial charge in [-0.05, 0) is 34.6 Å². The van der Waals surface area contributed by atoms with Crippen molar-refractivity contribution in [3.8, 4) is 16.9 Å². The van der Waals surface area contributed by atoms with E-state index in [1.54, 1.807) is 6.21 Å². The molecular weight excluding hydrogens is 310 g/mol. The summed E-state index contributed by atoms with van der Waals surface area (Å²) in [5.74, 6) is 0.464. The fraction of sp³-hybridized carbons (Fsp3) is 0.409. The number of aliphatic hydroxyl groups is 1. The molecule has 0 unspecified atom stereocenters. The SMILES string of the molecule is CC(C)[C@@H](CO)N=Cc1cc(C(C)(C)C)cc(-c2ccccc2)c1O. The van der Waals surface area contributed by atoms with Crippen molar-refractivity contribution in [2.24, 2.45) is 10.9 Å². The second-order valence-corrected chi connectivity index (χ2v) is 7.85. The maximum absolute atomic E-state index is 10.8. The van der Waals surface area contributed by atoms with Gasteiger partial charge in [-0.15, -0.1) is 0 Å². The molecular formula is C22H29NO2. The molecule has 0 fully saturated rings. The average Bonchev–Trinajstić information content (AvgIpc) is 2.56. The predicted molar refractivity (Wildman–Crippen MR) is 106 cm³/mol. The molecule has 3 heteroatoms. The third-order valence-electron chi connectivity index (χ3n) is 4.45. The summed E-state index contributed by atoms with van der Waals surface area (Å²) in [5, 5.41) is 20.3. The van der Waals surface area contributed by atoms with Gasteiger partial charge in [-0.25, -0.2) is 0 Å². The van der Waals surface area contributed by atoms with Gasteiger partial charge in [0.25, 0.3) is 0 Å². The smallest absolute Gasteiger partial charge is 0.132 e. The van der Waals surface area contributed by atoms with Crippen LogP contribution in [0, 0.1) is 5.92 Å². The molecule has 0 bridgehead atoms. The van der Waals surface area contributed by atoms with Crippen LogP contribution in [0.2, 0.25) is 0 Å². The molecule has 134 valence electrons. The first-order valence-electron chi connectivity index (χ1n) is 8.81. The lowest BCUT2D eigenvalue weighted by Gasteiger charge is -2.22. The molecule has 0 aromatic heterocycles. The van der Waals surface area contributed by atoms with Crippen LogP contribution in [0.3, 0.4) is 0 Å². The number of phenols is 1.